The van der Waals surface area contributed by atoms with Crippen molar-refractivity contribution in [2.75, 3.05) is 0 Å². The predicted molar refractivity (Wildman–Crippen MR) is 52.2 cm³/mol. The summed E-state index contributed by atoms with van der Waals surface area (Å²) in [6, 6.07) is 11.1. The number of hydrogen-bond acceptors (Lipinski definition) is 3. The summed E-state index contributed by atoms with van der Waals surface area (Å²) < 4.78 is 0. The molecule has 3 nitrogen and oxygen atoms in total. The maximum atomic E-state index is 8.68. The quantitative estimate of drug-likeness (QED) is 0.676. The highest BCUT2D eigenvalue weighted by atomic mass is 14.7. The first kappa shape index (κ1) is 8.39. The molecule has 2 rings (SSSR count). The Morgan fingerprint density at radius 2 is 1.86 bits per heavy atom. The van der Waals surface area contributed by atoms with E-state index in [4.69, 9.17) is 5.26 Å². The third-order valence-electron chi connectivity index (χ3n) is 1.84. The van der Waals surface area contributed by atoms with Gasteiger partial charge in [0, 0.05) is 18.0 Å². The molecule has 0 aromatic carbocycles. The van der Waals surface area contributed by atoms with E-state index in [1.165, 1.54) is 0 Å². The predicted octanol–water partition coefficient (Wildman–Crippen LogP) is 2.02. The van der Waals surface area contributed by atoms with E-state index in [9.17, 15) is 0 Å². The number of rotatable bonds is 1. The van der Waals surface area contributed by atoms with Crippen molar-refractivity contribution >= 4 is 0 Å². The summed E-state index contributed by atoms with van der Waals surface area (Å²) in [5.41, 5.74) is 2.20. The Kier molecular flexibility index (Phi) is 2.20. The average Bonchev–Trinajstić information content (AvgIpc) is 2.30. The van der Waals surface area contributed by atoms with E-state index in [1.54, 1.807) is 18.5 Å². The highest BCUT2D eigenvalue weighted by Crippen LogP contribution is 2.15. The monoisotopic (exact) mass is 181 g/mol. The highest BCUT2D eigenvalue weighted by Gasteiger charge is 1.98. The Labute approximate surface area is 81.7 Å². The molecular formula is C11H7N3. The van der Waals surface area contributed by atoms with Gasteiger partial charge in [-0.25, -0.2) is 4.98 Å². The van der Waals surface area contributed by atoms with E-state index in [2.05, 4.69) is 9.97 Å². The second-order valence-electron chi connectivity index (χ2n) is 2.76. The summed E-state index contributed by atoms with van der Waals surface area (Å²) in [5, 5.41) is 8.68. The Morgan fingerprint density at radius 3 is 2.57 bits per heavy atom. The van der Waals surface area contributed by atoms with Crippen LogP contribution in [-0.4, -0.2) is 9.97 Å². The minimum atomic E-state index is 0.430. The van der Waals surface area contributed by atoms with Crippen LogP contribution >= 0.6 is 0 Å². The minimum absolute atomic E-state index is 0.430. The summed E-state index contributed by atoms with van der Waals surface area (Å²) >= 11 is 0. The lowest BCUT2D eigenvalue weighted by molar-refractivity contribution is 1.25. The zero-order chi connectivity index (χ0) is 9.80. The molecule has 3 heteroatoms. The summed E-state index contributed by atoms with van der Waals surface area (Å²) in [6.45, 7) is 0. The van der Waals surface area contributed by atoms with Gasteiger partial charge in [0.2, 0.25) is 0 Å². The molecule has 66 valence electrons. The van der Waals surface area contributed by atoms with Gasteiger partial charge in [-0.05, 0) is 24.3 Å². The van der Waals surface area contributed by atoms with Gasteiger partial charge in [-0.2, -0.15) is 5.26 Å². The molecule has 0 amide bonds. The fourth-order valence-corrected chi connectivity index (χ4v) is 1.18. The Morgan fingerprint density at radius 1 is 1.07 bits per heavy atom. The summed E-state index contributed by atoms with van der Waals surface area (Å²) in [7, 11) is 0. The van der Waals surface area contributed by atoms with Gasteiger partial charge in [0.05, 0.1) is 5.69 Å². The van der Waals surface area contributed by atoms with Gasteiger partial charge in [0.1, 0.15) is 11.8 Å². The van der Waals surface area contributed by atoms with E-state index >= 15 is 0 Å². The van der Waals surface area contributed by atoms with Crippen LogP contribution in [0, 0.1) is 11.3 Å². The Bertz CT molecular complexity index is 471. The van der Waals surface area contributed by atoms with Crippen LogP contribution in [0.4, 0.5) is 0 Å². The van der Waals surface area contributed by atoms with Gasteiger partial charge in [0.15, 0.2) is 0 Å². The summed E-state index contributed by atoms with van der Waals surface area (Å²) in [6.07, 6.45) is 3.41. The van der Waals surface area contributed by atoms with E-state index in [1.807, 2.05) is 30.3 Å². The lowest BCUT2D eigenvalue weighted by Gasteiger charge is -1.98. The normalized spacial score (nSPS) is 9.36. The van der Waals surface area contributed by atoms with Crippen molar-refractivity contribution in [3.8, 4) is 17.3 Å². The molecule has 0 saturated carbocycles. The molecule has 0 aliphatic heterocycles. The first-order chi connectivity index (χ1) is 6.90. The maximum absolute atomic E-state index is 8.68. The van der Waals surface area contributed by atoms with Gasteiger partial charge < -0.3 is 0 Å². The first-order valence-corrected chi connectivity index (χ1v) is 4.18. The van der Waals surface area contributed by atoms with Crippen molar-refractivity contribution in [1.82, 2.24) is 9.97 Å². The van der Waals surface area contributed by atoms with Crippen LogP contribution in [0.2, 0.25) is 0 Å². The standard InChI is InChI=1S/C11H7N3/c12-8-10-2-1-3-11(14-10)9-4-6-13-7-5-9/h1-7H. The molecule has 0 aliphatic carbocycles. The van der Waals surface area contributed by atoms with Crippen molar-refractivity contribution in [2.45, 2.75) is 0 Å². The molecule has 2 aromatic rings. The van der Waals surface area contributed by atoms with Crippen molar-refractivity contribution in [2.24, 2.45) is 0 Å². The van der Waals surface area contributed by atoms with E-state index in [0.717, 1.165) is 11.3 Å². The Balaban J connectivity index is 2.49. The van der Waals surface area contributed by atoms with Crippen LogP contribution in [0.5, 0.6) is 0 Å². The van der Waals surface area contributed by atoms with Gasteiger partial charge in [-0.1, -0.05) is 6.07 Å². The van der Waals surface area contributed by atoms with Gasteiger partial charge in [-0.15, -0.1) is 0 Å². The van der Waals surface area contributed by atoms with Crippen LogP contribution in [0.15, 0.2) is 42.7 Å². The van der Waals surface area contributed by atoms with Crippen LogP contribution in [0.1, 0.15) is 5.69 Å². The molecule has 0 bridgehead atoms. The number of aromatic nitrogens is 2. The molecule has 0 radical (unpaired) electrons. The average molecular weight is 181 g/mol. The molecule has 14 heavy (non-hydrogen) atoms. The largest absolute Gasteiger partial charge is 0.265 e. The molecule has 0 spiro atoms. The van der Waals surface area contributed by atoms with Gasteiger partial charge >= 0.3 is 0 Å². The number of nitrogens with zero attached hydrogens (tertiary/aromatic N) is 3. The minimum Gasteiger partial charge on any atom is -0.265 e. The Hall–Kier alpha value is -2.21. The molecule has 2 heterocycles. The highest BCUT2D eigenvalue weighted by molar-refractivity contribution is 5.58. The second kappa shape index (κ2) is 3.67. The molecule has 2 aromatic heterocycles. The molecule has 0 unspecified atom stereocenters. The van der Waals surface area contributed by atoms with Crippen LogP contribution < -0.4 is 0 Å². The van der Waals surface area contributed by atoms with Crippen molar-refractivity contribution in [3.05, 3.63) is 48.4 Å². The smallest absolute Gasteiger partial charge is 0.141 e. The van der Waals surface area contributed by atoms with Crippen molar-refractivity contribution in [1.29, 1.82) is 5.26 Å². The number of nitriles is 1. The zero-order valence-corrected chi connectivity index (χ0v) is 7.38. The lowest BCUT2D eigenvalue weighted by Crippen LogP contribution is -1.86. The zero-order valence-electron chi connectivity index (χ0n) is 7.38. The third-order valence-corrected chi connectivity index (χ3v) is 1.84. The van der Waals surface area contributed by atoms with E-state index in [0.29, 0.717) is 5.69 Å². The van der Waals surface area contributed by atoms with E-state index < -0.39 is 0 Å². The maximum Gasteiger partial charge on any atom is 0.141 e. The molecule has 0 saturated heterocycles. The first-order valence-electron chi connectivity index (χ1n) is 4.18. The lowest BCUT2D eigenvalue weighted by atomic mass is 10.2. The summed E-state index contributed by atoms with van der Waals surface area (Å²) in [5.74, 6) is 0. The van der Waals surface area contributed by atoms with Crippen molar-refractivity contribution < 1.29 is 0 Å². The van der Waals surface area contributed by atoms with Gasteiger partial charge in [0.25, 0.3) is 0 Å². The SMILES string of the molecule is N#Cc1cccc(-c2ccncc2)n1. The van der Waals surface area contributed by atoms with Crippen LogP contribution in [0.3, 0.4) is 0 Å². The summed E-state index contributed by atoms with van der Waals surface area (Å²) in [4.78, 5) is 8.09. The third kappa shape index (κ3) is 1.59. The van der Waals surface area contributed by atoms with Crippen LogP contribution in [0.25, 0.3) is 11.3 Å². The fraction of sp³-hybridized carbons (Fsp3) is 0. The molecular weight excluding hydrogens is 174 g/mol. The van der Waals surface area contributed by atoms with Crippen molar-refractivity contribution in [3.63, 3.8) is 0 Å². The number of hydrogen-bond donors (Lipinski definition) is 0. The molecule has 0 N–H and O–H groups in total. The van der Waals surface area contributed by atoms with E-state index in [-0.39, 0.29) is 0 Å². The van der Waals surface area contributed by atoms with Gasteiger partial charge in [-0.3, -0.25) is 4.98 Å². The topological polar surface area (TPSA) is 49.6 Å². The number of pyridine rings is 2. The molecule has 0 atom stereocenters. The van der Waals surface area contributed by atoms with Crippen LogP contribution in [-0.2, 0) is 0 Å². The second-order valence-corrected chi connectivity index (χ2v) is 2.76. The fourth-order valence-electron chi connectivity index (χ4n) is 1.18. The molecule has 0 aliphatic rings. The molecule has 0 fully saturated rings.